The fraction of sp³-hybridized carbons (Fsp3) is 0.538. The minimum Gasteiger partial charge on any atom is -0.310 e. The van der Waals surface area contributed by atoms with Crippen LogP contribution in [-0.4, -0.2) is 27.7 Å². The average Bonchev–Trinajstić information content (AvgIpc) is 2.77. The van der Waals surface area contributed by atoms with E-state index < -0.39 is 0 Å². The van der Waals surface area contributed by atoms with Crippen molar-refractivity contribution >= 4 is 22.8 Å². The number of halogens is 1. The Labute approximate surface area is 112 Å². The van der Waals surface area contributed by atoms with Gasteiger partial charge < -0.3 is 5.01 Å². The number of alkyl halides is 1. The number of aromatic nitrogens is 3. The van der Waals surface area contributed by atoms with Crippen LogP contribution < -0.4 is 5.01 Å². The second-order valence-electron chi connectivity index (χ2n) is 4.78. The molecule has 5 heteroatoms. The van der Waals surface area contributed by atoms with Gasteiger partial charge >= 0.3 is 0 Å². The molecule has 1 aliphatic rings. The fourth-order valence-corrected chi connectivity index (χ4v) is 2.72. The number of imidazole rings is 1. The zero-order chi connectivity index (χ0) is 12.5. The molecule has 0 amide bonds. The van der Waals surface area contributed by atoms with E-state index in [4.69, 9.17) is 11.6 Å². The summed E-state index contributed by atoms with van der Waals surface area (Å²) < 4.78 is 2.12. The molecule has 0 aliphatic carbocycles. The van der Waals surface area contributed by atoms with Gasteiger partial charge in [-0.1, -0.05) is 0 Å². The van der Waals surface area contributed by atoms with Gasteiger partial charge in [-0.05, 0) is 38.3 Å². The predicted octanol–water partition coefficient (Wildman–Crippen LogP) is 2.60. The summed E-state index contributed by atoms with van der Waals surface area (Å²) in [6.07, 6.45) is 3.77. The third-order valence-corrected chi connectivity index (χ3v) is 3.66. The molecule has 0 N–H and O–H groups in total. The highest BCUT2D eigenvalue weighted by Crippen LogP contribution is 2.19. The summed E-state index contributed by atoms with van der Waals surface area (Å²) in [4.78, 5) is 9.19. The van der Waals surface area contributed by atoms with E-state index in [-0.39, 0.29) is 0 Å². The van der Waals surface area contributed by atoms with Crippen LogP contribution in [0.1, 0.15) is 30.8 Å². The summed E-state index contributed by atoms with van der Waals surface area (Å²) in [5, 5.41) is 2.32. The van der Waals surface area contributed by atoms with E-state index in [1.54, 1.807) is 0 Å². The van der Waals surface area contributed by atoms with Crippen LogP contribution in [-0.2, 0) is 5.88 Å². The van der Waals surface area contributed by atoms with E-state index in [0.717, 1.165) is 35.8 Å². The van der Waals surface area contributed by atoms with Crippen LogP contribution in [0, 0.1) is 6.92 Å². The molecule has 1 aliphatic heterocycles. The van der Waals surface area contributed by atoms with Gasteiger partial charge in [0.1, 0.15) is 11.3 Å². The number of aryl methyl sites for hydroxylation is 1. The van der Waals surface area contributed by atoms with Crippen molar-refractivity contribution in [3.8, 4) is 0 Å². The Hall–Kier alpha value is -1.29. The summed E-state index contributed by atoms with van der Waals surface area (Å²) in [6, 6.07) is 4.02. The van der Waals surface area contributed by atoms with Crippen molar-refractivity contribution in [3.05, 3.63) is 23.7 Å². The van der Waals surface area contributed by atoms with E-state index >= 15 is 0 Å². The first-order valence-corrected chi connectivity index (χ1v) is 6.99. The molecule has 1 fully saturated rings. The molecule has 2 aromatic rings. The number of hydrogen-bond donors (Lipinski definition) is 0. The normalized spacial score (nSPS) is 16.4. The zero-order valence-electron chi connectivity index (χ0n) is 10.6. The van der Waals surface area contributed by atoms with E-state index in [0.29, 0.717) is 5.88 Å². The quantitative estimate of drug-likeness (QED) is 0.782. The summed E-state index contributed by atoms with van der Waals surface area (Å²) in [5.74, 6) is 1.32. The van der Waals surface area contributed by atoms with Crippen LogP contribution >= 0.6 is 11.6 Å². The maximum Gasteiger partial charge on any atom is 0.179 e. The van der Waals surface area contributed by atoms with Crippen LogP contribution in [0.3, 0.4) is 0 Å². The maximum atomic E-state index is 6.02. The topological polar surface area (TPSA) is 34.0 Å². The molecule has 0 saturated carbocycles. The van der Waals surface area contributed by atoms with Gasteiger partial charge in [-0.2, -0.15) is 0 Å². The standard InChI is InChI=1S/C13H17ClN4/c1-10-5-6-11-13(15-10)18(12(9-14)16-11)17-7-3-2-4-8-17/h5-6H,2-4,7-9H2,1H3. The van der Waals surface area contributed by atoms with E-state index in [2.05, 4.69) is 19.7 Å². The number of piperidine rings is 1. The molecule has 2 aromatic heterocycles. The van der Waals surface area contributed by atoms with Crippen LogP contribution in [0.4, 0.5) is 0 Å². The average molecular weight is 265 g/mol. The maximum absolute atomic E-state index is 6.02. The Bertz CT molecular complexity index is 557. The van der Waals surface area contributed by atoms with Crippen molar-refractivity contribution < 1.29 is 0 Å². The van der Waals surface area contributed by atoms with Crippen molar-refractivity contribution in [3.63, 3.8) is 0 Å². The summed E-state index contributed by atoms with van der Waals surface area (Å²) >= 11 is 6.02. The van der Waals surface area contributed by atoms with E-state index in [1.807, 2.05) is 19.1 Å². The van der Waals surface area contributed by atoms with Crippen molar-refractivity contribution in [2.75, 3.05) is 18.1 Å². The highest BCUT2D eigenvalue weighted by molar-refractivity contribution is 6.16. The van der Waals surface area contributed by atoms with Crippen LogP contribution in [0.25, 0.3) is 11.2 Å². The molecule has 0 aromatic carbocycles. The lowest BCUT2D eigenvalue weighted by molar-refractivity contribution is 0.477. The molecule has 1 saturated heterocycles. The lowest BCUT2D eigenvalue weighted by Crippen LogP contribution is -2.40. The van der Waals surface area contributed by atoms with E-state index in [1.165, 1.54) is 19.3 Å². The fourth-order valence-electron chi connectivity index (χ4n) is 2.55. The minimum absolute atomic E-state index is 0.423. The molecule has 4 nitrogen and oxygen atoms in total. The first-order valence-electron chi connectivity index (χ1n) is 6.46. The minimum atomic E-state index is 0.423. The van der Waals surface area contributed by atoms with Gasteiger partial charge in [0.2, 0.25) is 0 Å². The SMILES string of the molecule is Cc1ccc2nc(CCl)n(N3CCCCC3)c2n1. The summed E-state index contributed by atoms with van der Waals surface area (Å²) in [5.41, 5.74) is 2.89. The monoisotopic (exact) mass is 264 g/mol. The van der Waals surface area contributed by atoms with Crippen LogP contribution in [0.15, 0.2) is 12.1 Å². The molecule has 0 unspecified atom stereocenters. The van der Waals surface area contributed by atoms with Crippen LogP contribution in [0.5, 0.6) is 0 Å². The number of rotatable bonds is 2. The van der Waals surface area contributed by atoms with Gasteiger partial charge in [0.15, 0.2) is 5.65 Å². The van der Waals surface area contributed by atoms with Crippen molar-refractivity contribution in [2.45, 2.75) is 32.1 Å². The number of fused-ring (bicyclic) bond motifs is 1. The summed E-state index contributed by atoms with van der Waals surface area (Å²) in [6.45, 7) is 4.13. The van der Waals surface area contributed by atoms with Gasteiger partial charge in [-0.25, -0.2) is 14.6 Å². The van der Waals surface area contributed by atoms with Crippen molar-refractivity contribution in [1.82, 2.24) is 14.6 Å². The van der Waals surface area contributed by atoms with Crippen molar-refractivity contribution in [1.29, 1.82) is 0 Å². The number of pyridine rings is 1. The second kappa shape index (κ2) is 4.76. The third kappa shape index (κ3) is 1.94. The molecular weight excluding hydrogens is 248 g/mol. The van der Waals surface area contributed by atoms with Gasteiger partial charge in [0, 0.05) is 18.8 Å². The highest BCUT2D eigenvalue weighted by atomic mass is 35.5. The first kappa shape index (κ1) is 11.8. The Morgan fingerprint density at radius 2 is 1.94 bits per heavy atom. The lowest BCUT2D eigenvalue weighted by Gasteiger charge is -2.30. The molecule has 3 rings (SSSR count). The predicted molar refractivity (Wildman–Crippen MR) is 73.6 cm³/mol. The Balaban J connectivity index is 2.14. The zero-order valence-corrected chi connectivity index (χ0v) is 11.3. The number of nitrogens with zero attached hydrogens (tertiary/aromatic N) is 4. The van der Waals surface area contributed by atoms with Crippen LogP contribution in [0.2, 0.25) is 0 Å². The third-order valence-electron chi connectivity index (χ3n) is 3.42. The lowest BCUT2D eigenvalue weighted by atomic mass is 10.2. The van der Waals surface area contributed by atoms with Crippen molar-refractivity contribution in [2.24, 2.45) is 0 Å². The molecule has 0 bridgehead atoms. The Morgan fingerprint density at radius 3 is 2.67 bits per heavy atom. The molecule has 0 radical (unpaired) electrons. The molecule has 18 heavy (non-hydrogen) atoms. The molecular formula is C13H17ClN4. The van der Waals surface area contributed by atoms with Gasteiger partial charge in [-0.3, -0.25) is 0 Å². The molecule has 3 heterocycles. The Kier molecular flexibility index (Phi) is 3.12. The smallest absolute Gasteiger partial charge is 0.179 e. The largest absolute Gasteiger partial charge is 0.310 e. The Morgan fingerprint density at radius 1 is 1.17 bits per heavy atom. The second-order valence-corrected chi connectivity index (χ2v) is 5.05. The molecule has 96 valence electrons. The van der Waals surface area contributed by atoms with Gasteiger partial charge in [0.25, 0.3) is 0 Å². The number of hydrogen-bond acceptors (Lipinski definition) is 3. The molecule has 0 atom stereocenters. The first-order chi connectivity index (χ1) is 8.79. The highest BCUT2D eigenvalue weighted by Gasteiger charge is 2.18. The van der Waals surface area contributed by atoms with Gasteiger partial charge in [-0.15, -0.1) is 11.6 Å². The van der Waals surface area contributed by atoms with Gasteiger partial charge in [0.05, 0.1) is 5.88 Å². The molecule has 0 spiro atoms. The van der Waals surface area contributed by atoms with E-state index in [9.17, 15) is 0 Å². The summed E-state index contributed by atoms with van der Waals surface area (Å²) in [7, 11) is 0.